The van der Waals surface area contributed by atoms with Crippen molar-refractivity contribution in [2.45, 2.75) is 128 Å². The van der Waals surface area contributed by atoms with E-state index in [2.05, 4.69) is 5.32 Å². The number of aliphatic hydroxyl groups is 6. The highest BCUT2D eigenvalue weighted by Gasteiger charge is 2.76. The molecule has 1 heterocycles. The second kappa shape index (κ2) is 11.4. The van der Waals surface area contributed by atoms with Crippen molar-refractivity contribution in [2.75, 3.05) is 6.61 Å². The number of nitrogens with one attached hydrogen (secondary N) is 1. The van der Waals surface area contributed by atoms with E-state index in [4.69, 9.17) is 14.2 Å². The summed E-state index contributed by atoms with van der Waals surface area (Å²) in [6.45, 7) is 11.8. The van der Waals surface area contributed by atoms with Gasteiger partial charge < -0.3 is 50.2 Å². The van der Waals surface area contributed by atoms with Crippen LogP contribution in [0.3, 0.4) is 0 Å². The fourth-order valence-electron chi connectivity index (χ4n) is 8.18. The molecule has 1 saturated heterocycles. The molecule has 13 heteroatoms. The standard InChI is InChI=1S/C31H47NO12/c1-13(2)9-17(32-15(4)33)22(36)27(39)44-18-11-31(41)26(43-16(5)34)24-29(8,19(35)10-20-30(24,40)12-42-20)25(38)23(37)21(14(18)3)28(31,6)7/h9,17-20,22-26,35-38,40-41H,10-12H2,1-8H3,(H,32,33)/t17-,18-,19-,20+,22+,23+,24-,25+,26-,29+,30-,31+/m0/s1. The van der Waals surface area contributed by atoms with Crippen LogP contribution in [0.2, 0.25) is 0 Å². The van der Waals surface area contributed by atoms with Gasteiger partial charge in [-0.05, 0) is 31.9 Å². The minimum Gasteiger partial charge on any atom is -0.459 e. The molecule has 13 nitrogen and oxygen atoms in total. The molecule has 0 radical (unpaired) electrons. The summed E-state index contributed by atoms with van der Waals surface area (Å²) < 4.78 is 17.1. The Kier molecular flexibility index (Phi) is 8.97. The maximum atomic E-state index is 13.3. The van der Waals surface area contributed by atoms with Crippen LogP contribution in [0, 0.1) is 16.7 Å². The zero-order chi connectivity index (χ0) is 33.3. The molecule has 3 aliphatic carbocycles. The Labute approximate surface area is 256 Å². The molecule has 12 atom stereocenters. The minimum absolute atomic E-state index is 0.0702. The Balaban J connectivity index is 1.88. The maximum absolute atomic E-state index is 13.3. The number of carbonyl (C=O) groups is 3. The lowest BCUT2D eigenvalue weighted by Crippen LogP contribution is -2.81. The van der Waals surface area contributed by atoms with Crippen molar-refractivity contribution in [3.8, 4) is 0 Å². The molecular formula is C31H47NO12. The van der Waals surface area contributed by atoms with Crippen LogP contribution in [-0.2, 0) is 28.6 Å². The molecule has 0 unspecified atom stereocenters. The molecule has 0 aromatic rings. The molecule has 0 aromatic heterocycles. The quantitative estimate of drug-likeness (QED) is 0.146. The summed E-state index contributed by atoms with van der Waals surface area (Å²) >= 11 is 0. The molecular weight excluding hydrogens is 578 g/mol. The summed E-state index contributed by atoms with van der Waals surface area (Å²) in [6.07, 6.45) is -9.38. The molecule has 0 spiro atoms. The molecule has 7 N–H and O–H groups in total. The number of esters is 2. The average Bonchev–Trinajstić information content (AvgIpc) is 2.89. The summed E-state index contributed by atoms with van der Waals surface area (Å²) in [7, 11) is 0. The molecule has 0 aromatic carbocycles. The summed E-state index contributed by atoms with van der Waals surface area (Å²) in [5.41, 5.74) is -5.97. The zero-order valence-corrected chi connectivity index (χ0v) is 26.5. The van der Waals surface area contributed by atoms with Crippen LogP contribution in [0.5, 0.6) is 0 Å². The Morgan fingerprint density at radius 1 is 1.05 bits per heavy atom. The van der Waals surface area contributed by atoms with Gasteiger partial charge in [-0.3, -0.25) is 9.59 Å². The van der Waals surface area contributed by atoms with Crippen LogP contribution in [0.1, 0.15) is 68.2 Å². The Morgan fingerprint density at radius 3 is 2.16 bits per heavy atom. The Morgan fingerprint density at radius 2 is 1.66 bits per heavy atom. The van der Waals surface area contributed by atoms with Gasteiger partial charge >= 0.3 is 11.9 Å². The van der Waals surface area contributed by atoms with Gasteiger partial charge in [-0.25, -0.2) is 4.79 Å². The van der Waals surface area contributed by atoms with E-state index in [1.807, 2.05) is 0 Å². The summed E-state index contributed by atoms with van der Waals surface area (Å²) in [6, 6.07) is -1.12. The summed E-state index contributed by atoms with van der Waals surface area (Å²) in [4.78, 5) is 37.7. The SMILES string of the molecule is CC(=O)N[C@@H](C=C(C)C)[C@@H](O)C(=O)O[C@H]1C[C@@]2(O)[C@@H](OC(C)=O)[C@@H]3[C@]4(O)CO[C@@H]4C[C@H](O)[C@@]3(C)[C@H](O)[C@H](O)C(=C1C)C2(C)C. The molecule has 4 aliphatic rings. The van der Waals surface area contributed by atoms with Crippen molar-refractivity contribution in [2.24, 2.45) is 16.7 Å². The van der Waals surface area contributed by atoms with E-state index < -0.39 is 101 Å². The van der Waals surface area contributed by atoms with Gasteiger partial charge in [-0.2, -0.15) is 0 Å². The number of aliphatic hydroxyl groups excluding tert-OH is 4. The number of amides is 1. The van der Waals surface area contributed by atoms with E-state index >= 15 is 0 Å². The average molecular weight is 626 g/mol. The number of carbonyl (C=O) groups excluding carboxylic acids is 3. The molecule has 1 amide bonds. The van der Waals surface area contributed by atoms with Gasteiger partial charge in [0, 0.05) is 43.4 Å². The van der Waals surface area contributed by atoms with E-state index in [0.29, 0.717) is 5.57 Å². The number of allylic oxidation sites excluding steroid dienone is 1. The van der Waals surface area contributed by atoms with Crippen LogP contribution >= 0.6 is 0 Å². The molecule has 4 rings (SSSR count). The lowest BCUT2D eigenvalue weighted by atomic mass is 9.44. The van der Waals surface area contributed by atoms with Gasteiger partial charge in [-0.1, -0.05) is 32.4 Å². The van der Waals surface area contributed by atoms with Gasteiger partial charge in [0.05, 0.1) is 31.0 Å². The topological polar surface area (TPSA) is 212 Å². The van der Waals surface area contributed by atoms with E-state index in [1.54, 1.807) is 34.6 Å². The minimum atomic E-state index is -2.15. The fraction of sp³-hybridized carbons (Fsp3) is 0.774. The normalized spacial score (nSPS) is 42.2. The van der Waals surface area contributed by atoms with Crippen LogP contribution in [0.15, 0.2) is 22.8 Å². The number of fused-ring (bicyclic) bond motifs is 5. The highest BCUT2D eigenvalue weighted by molar-refractivity contribution is 5.79. The van der Waals surface area contributed by atoms with E-state index in [1.165, 1.54) is 19.9 Å². The predicted octanol–water partition coefficient (Wildman–Crippen LogP) is -0.608. The van der Waals surface area contributed by atoms with Gasteiger partial charge in [0.15, 0.2) is 6.10 Å². The fourth-order valence-corrected chi connectivity index (χ4v) is 8.18. The van der Waals surface area contributed by atoms with Gasteiger partial charge in [0.25, 0.3) is 0 Å². The monoisotopic (exact) mass is 625 g/mol. The number of hydrogen-bond donors (Lipinski definition) is 7. The van der Waals surface area contributed by atoms with Crippen molar-refractivity contribution in [3.63, 3.8) is 0 Å². The van der Waals surface area contributed by atoms with Crippen LogP contribution in [-0.4, -0.2) is 115 Å². The van der Waals surface area contributed by atoms with Gasteiger partial charge in [-0.15, -0.1) is 0 Å². The van der Waals surface area contributed by atoms with Gasteiger partial charge in [0.2, 0.25) is 5.91 Å². The third-order valence-corrected chi connectivity index (χ3v) is 10.6. The Hall–Kier alpha value is -2.39. The highest BCUT2D eigenvalue weighted by atomic mass is 16.6. The van der Waals surface area contributed by atoms with Crippen LogP contribution in [0.25, 0.3) is 0 Å². The first-order valence-electron chi connectivity index (χ1n) is 14.9. The van der Waals surface area contributed by atoms with Crippen molar-refractivity contribution in [1.29, 1.82) is 0 Å². The number of ether oxygens (including phenoxy) is 3. The largest absolute Gasteiger partial charge is 0.459 e. The van der Waals surface area contributed by atoms with E-state index in [0.717, 1.165) is 6.92 Å². The second-order valence-electron chi connectivity index (χ2n) is 14.0. The molecule has 1 aliphatic heterocycles. The first kappa shape index (κ1) is 34.5. The van der Waals surface area contributed by atoms with Crippen molar-refractivity contribution >= 4 is 17.8 Å². The Bertz CT molecular complexity index is 1260. The van der Waals surface area contributed by atoms with Crippen molar-refractivity contribution in [1.82, 2.24) is 5.32 Å². The third kappa shape index (κ3) is 5.10. The first-order chi connectivity index (χ1) is 20.1. The molecule has 2 saturated carbocycles. The molecule has 3 fully saturated rings. The lowest BCUT2D eigenvalue weighted by Gasteiger charge is -2.68. The van der Waals surface area contributed by atoms with Crippen molar-refractivity contribution in [3.05, 3.63) is 22.8 Å². The zero-order valence-electron chi connectivity index (χ0n) is 26.5. The molecule has 2 bridgehead atoms. The smallest absolute Gasteiger partial charge is 0.338 e. The molecule has 248 valence electrons. The highest BCUT2D eigenvalue weighted by Crippen LogP contribution is 2.64. The lowest BCUT2D eigenvalue weighted by molar-refractivity contribution is -0.365. The van der Waals surface area contributed by atoms with Crippen molar-refractivity contribution < 1.29 is 59.2 Å². The predicted molar refractivity (Wildman–Crippen MR) is 153 cm³/mol. The second-order valence-corrected chi connectivity index (χ2v) is 14.0. The maximum Gasteiger partial charge on any atom is 0.338 e. The van der Waals surface area contributed by atoms with Gasteiger partial charge in [0.1, 0.15) is 29.5 Å². The number of hydrogen-bond acceptors (Lipinski definition) is 12. The van der Waals surface area contributed by atoms with E-state index in [9.17, 15) is 45.0 Å². The van der Waals surface area contributed by atoms with Crippen LogP contribution in [0.4, 0.5) is 0 Å². The molecule has 44 heavy (non-hydrogen) atoms. The third-order valence-electron chi connectivity index (χ3n) is 10.6. The van der Waals surface area contributed by atoms with E-state index in [-0.39, 0.29) is 24.2 Å². The summed E-state index contributed by atoms with van der Waals surface area (Å²) in [5, 5.41) is 73.1. The first-order valence-corrected chi connectivity index (χ1v) is 14.9. The van der Waals surface area contributed by atoms with Crippen LogP contribution < -0.4 is 5.32 Å². The number of rotatable bonds is 6. The summed E-state index contributed by atoms with van der Waals surface area (Å²) in [5.74, 6) is -3.77.